The molecule has 3 aromatic carbocycles. The highest BCUT2D eigenvalue weighted by molar-refractivity contribution is 8.14. The van der Waals surface area contributed by atoms with Gasteiger partial charge >= 0.3 is 12.4 Å². The zero-order valence-corrected chi connectivity index (χ0v) is 25.7. The van der Waals surface area contributed by atoms with Crippen molar-refractivity contribution in [2.24, 2.45) is 4.99 Å². The Balaban J connectivity index is 1.21. The summed E-state index contributed by atoms with van der Waals surface area (Å²) < 4.78 is 42.7. The van der Waals surface area contributed by atoms with Gasteiger partial charge in [0, 0.05) is 36.0 Å². The molecule has 1 unspecified atom stereocenters. The predicted octanol–water partition coefficient (Wildman–Crippen LogP) is 7.57. The number of aliphatic imine (C=N–C) groups is 1. The Labute approximate surface area is 258 Å². The number of aryl methyl sites for hydroxylation is 3. The highest BCUT2D eigenvalue weighted by Crippen LogP contribution is 2.32. The van der Waals surface area contributed by atoms with E-state index < -0.39 is 6.36 Å². The number of anilines is 1. The maximum Gasteiger partial charge on any atom is 0.573 e. The van der Waals surface area contributed by atoms with E-state index in [9.17, 15) is 18.0 Å². The molecule has 2 amide bonds. The van der Waals surface area contributed by atoms with Crippen LogP contribution in [0.1, 0.15) is 41.5 Å². The Hall–Kier alpha value is -4.32. The molecule has 8 nitrogen and oxygen atoms in total. The number of thioether (sulfide) groups is 1. The molecule has 0 spiro atoms. The largest absolute Gasteiger partial charge is 0.573 e. The summed E-state index contributed by atoms with van der Waals surface area (Å²) in [5.41, 5.74) is 7.06. The maximum atomic E-state index is 12.9. The standard InChI is InChI=1S/C32H33F3N6O2S/c1-5-23(18-36-30(42)38-31-40(14-15-44-31)28-21(3)16-20(2)17-22(28)4)24-6-8-25(9-7-24)29-37-19-41(39-29)26-10-12-27(13-11-26)43-32(33,34)35/h6-13,16-17,19,23H,5,14-15,18H2,1-4H3,(H,36,42). The number of rotatable bonds is 8. The number of amides is 2. The van der Waals surface area contributed by atoms with Gasteiger partial charge in [0.15, 0.2) is 11.0 Å². The molecule has 1 fully saturated rings. The molecule has 1 aliphatic heterocycles. The Morgan fingerprint density at radius 1 is 1.07 bits per heavy atom. The quantitative estimate of drug-likeness (QED) is 0.218. The van der Waals surface area contributed by atoms with Crippen LogP contribution in [0.5, 0.6) is 5.75 Å². The summed E-state index contributed by atoms with van der Waals surface area (Å²) in [5, 5.41) is 8.17. The SMILES string of the molecule is CCC(CNC(=O)N=C1SCCN1c1c(C)cc(C)cc1C)c1ccc(-c2ncn(-c3ccc(OC(F)(F)F)cc3)n2)cc1. The van der Waals surface area contributed by atoms with Crippen molar-refractivity contribution in [3.63, 3.8) is 0 Å². The summed E-state index contributed by atoms with van der Waals surface area (Å²) in [7, 11) is 0. The first-order valence-corrected chi connectivity index (χ1v) is 15.2. The number of alkyl halides is 3. The lowest BCUT2D eigenvalue weighted by molar-refractivity contribution is -0.274. The number of halogens is 3. The first-order valence-electron chi connectivity index (χ1n) is 14.2. The molecular weight excluding hydrogens is 589 g/mol. The van der Waals surface area contributed by atoms with Crippen molar-refractivity contribution >= 4 is 28.6 Å². The lowest BCUT2D eigenvalue weighted by Crippen LogP contribution is -2.30. The number of carbonyl (C=O) groups is 1. The molecule has 1 aliphatic rings. The van der Waals surface area contributed by atoms with E-state index in [-0.39, 0.29) is 17.7 Å². The lowest BCUT2D eigenvalue weighted by Gasteiger charge is -2.23. The third-order valence-electron chi connectivity index (χ3n) is 7.34. The fourth-order valence-electron chi connectivity index (χ4n) is 5.36. The molecule has 4 aromatic rings. The minimum atomic E-state index is -4.75. The van der Waals surface area contributed by atoms with Gasteiger partial charge in [0.2, 0.25) is 0 Å². The summed E-state index contributed by atoms with van der Waals surface area (Å²) in [6.45, 7) is 9.59. The van der Waals surface area contributed by atoms with Gasteiger partial charge in [-0.1, -0.05) is 60.6 Å². The summed E-state index contributed by atoms with van der Waals surface area (Å²) in [6, 6.07) is 17.2. The maximum absolute atomic E-state index is 12.9. The number of aromatic nitrogens is 3. The molecule has 5 rings (SSSR count). The average Bonchev–Trinajstić information content (AvgIpc) is 3.63. The van der Waals surface area contributed by atoms with Crippen molar-refractivity contribution in [1.82, 2.24) is 20.1 Å². The second kappa shape index (κ2) is 13.1. The van der Waals surface area contributed by atoms with Gasteiger partial charge in [-0.2, -0.15) is 4.99 Å². The van der Waals surface area contributed by atoms with Gasteiger partial charge in [-0.3, -0.25) is 0 Å². The molecule has 230 valence electrons. The summed E-state index contributed by atoms with van der Waals surface area (Å²) >= 11 is 1.59. The third kappa shape index (κ3) is 7.42. The summed E-state index contributed by atoms with van der Waals surface area (Å²) in [4.78, 5) is 23.8. The molecule has 44 heavy (non-hydrogen) atoms. The van der Waals surface area contributed by atoms with E-state index in [0.717, 1.165) is 35.5 Å². The van der Waals surface area contributed by atoms with Crippen LogP contribution in [-0.4, -0.2) is 51.2 Å². The van der Waals surface area contributed by atoms with Crippen LogP contribution in [-0.2, 0) is 0 Å². The van der Waals surface area contributed by atoms with Gasteiger partial charge in [-0.25, -0.2) is 14.5 Å². The number of ether oxygens (including phenoxy) is 1. The van der Waals surface area contributed by atoms with Gasteiger partial charge in [0.05, 0.1) is 5.69 Å². The fraction of sp³-hybridized carbons (Fsp3) is 0.312. The number of hydrogen-bond acceptors (Lipinski definition) is 5. The molecule has 1 aromatic heterocycles. The van der Waals surface area contributed by atoms with E-state index in [1.165, 1.54) is 52.0 Å². The molecule has 0 saturated carbocycles. The number of nitrogens with one attached hydrogen (secondary N) is 1. The van der Waals surface area contributed by atoms with Crippen molar-refractivity contribution in [2.45, 2.75) is 46.4 Å². The first kappa shape index (κ1) is 31.1. The number of benzene rings is 3. The van der Waals surface area contributed by atoms with Crippen LogP contribution in [0.2, 0.25) is 0 Å². The average molecular weight is 623 g/mol. The molecule has 12 heteroatoms. The highest BCUT2D eigenvalue weighted by atomic mass is 32.2. The normalized spacial score (nSPS) is 15.1. The highest BCUT2D eigenvalue weighted by Gasteiger charge is 2.31. The van der Waals surface area contributed by atoms with E-state index in [1.807, 2.05) is 24.3 Å². The van der Waals surface area contributed by atoms with E-state index in [2.05, 4.69) is 69.9 Å². The van der Waals surface area contributed by atoms with Crippen LogP contribution in [0, 0.1) is 20.8 Å². The minimum absolute atomic E-state index is 0.0880. The van der Waals surface area contributed by atoms with Crippen LogP contribution in [0.25, 0.3) is 17.1 Å². The number of carbonyl (C=O) groups excluding carboxylic acids is 1. The topological polar surface area (TPSA) is 84.6 Å². The van der Waals surface area contributed by atoms with Crippen molar-refractivity contribution < 1.29 is 22.7 Å². The smallest absolute Gasteiger partial charge is 0.406 e. The second-order valence-corrected chi connectivity index (χ2v) is 11.7. The fourth-order valence-corrected chi connectivity index (χ4v) is 6.30. The summed E-state index contributed by atoms with van der Waals surface area (Å²) in [6.07, 6.45) is -2.43. The van der Waals surface area contributed by atoms with Crippen LogP contribution in [0.3, 0.4) is 0 Å². The Bertz CT molecular complexity index is 1630. The second-order valence-electron chi connectivity index (χ2n) is 10.6. The Morgan fingerprint density at radius 2 is 1.75 bits per heavy atom. The molecule has 0 aliphatic carbocycles. The van der Waals surface area contributed by atoms with Gasteiger partial charge in [0.25, 0.3) is 0 Å². The molecule has 1 saturated heterocycles. The zero-order valence-electron chi connectivity index (χ0n) is 24.9. The summed E-state index contributed by atoms with van der Waals surface area (Å²) in [5.74, 6) is 1.13. The minimum Gasteiger partial charge on any atom is -0.406 e. The van der Waals surface area contributed by atoms with Gasteiger partial charge < -0.3 is 15.0 Å². The lowest BCUT2D eigenvalue weighted by atomic mass is 9.95. The monoisotopic (exact) mass is 622 g/mol. The van der Waals surface area contributed by atoms with Crippen LogP contribution in [0.15, 0.2) is 72.0 Å². The van der Waals surface area contributed by atoms with Gasteiger partial charge in [0.1, 0.15) is 12.1 Å². The molecule has 2 heterocycles. The third-order valence-corrected chi connectivity index (χ3v) is 8.30. The van der Waals surface area contributed by atoms with E-state index in [4.69, 9.17) is 0 Å². The van der Waals surface area contributed by atoms with Gasteiger partial charge in [-0.05, 0) is 68.1 Å². The Morgan fingerprint density at radius 3 is 2.39 bits per heavy atom. The number of urea groups is 1. The van der Waals surface area contributed by atoms with Crippen LogP contribution in [0.4, 0.5) is 23.7 Å². The molecule has 1 N–H and O–H groups in total. The van der Waals surface area contributed by atoms with Crippen molar-refractivity contribution in [2.75, 3.05) is 23.7 Å². The Kier molecular flexibility index (Phi) is 9.28. The van der Waals surface area contributed by atoms with Crippen molar-refractivity contribution in [1.29, 1.82) is 0 Å². The molecule has 1 atom stereocenters. The number of hydrogen-bond donors (Lipinski definition) is 1. The predicted molar refractivity (Wildman–Crippen MR) is 168 cm³/mol. The van der Waals surface area contributed by atoms with Crippen LogP contribution >= 0.6 is 11.8 Å². The van der Waals surface area contributed by atoms with Crippen molar-refractivity contribution in [3.8, 4) is 22.8 Å². The molecular formula is C32H33F3N6O2S. The molecule has 0 bridgehead atoms. The number of amidine groups is 1. The van der Waals surface area contributed by atoms with E-state index >= 15 is 0 Å². The molecule has 0 radical (unpaired) electrons. The van der Waals surface area contributed by atoms with Crippen LogP contribution < -0.4 is 15.0 Å². The van der Waals surface area contributed by atoms with Crippen molar-refractivity contribution in [3.05, 3.63) is 89.2 Å². The first-order chi connectivity index (χ1) is 21.0. The zero-order chi connectivity index (χ0) is 31.4. The van der Waals surface area contributed by atoms with E-state index in [1.54, 1.807) is 11.8 Å². The number of nitrogens with zero attached hydrogens (tertiary/aromatic N) is 5. The van der Waals surface area contributed by atoms with E-state index in [0.29, 0.717) is 23.2 Å². The van der Waals surface area contributed by atoms with Gasteiger partial charge in [-0.15, -0.1) is 18.3 Å².